The summed E-state index contributed by atoms with van der Waals surface area (Å²) in [5, 5.41) is 11.1. The van der Waals surface area contributed by atoms with Crippen LogP contribution < -0.4 is 5.32 Å². The second-order valence-corrected chi connectivity index (χ2v) is 4.27. The number of nitrogens with zero attached hydrogens (tertiary/aromatic N) is 1. The molecule has 0 heterocycles. The summed E-state index contributed by atoms with van der Waals surface area (Å²) < 4.78 is 50.6. The van der Waals surface area contributed by atoms with Crippen molar-refractivity contribution >= 4 is 11.7 Å². The highest BCUT2D eigenvalue weighted by Crippen LogP contribution is 2.33. The quantitative estimate of drug-likeness (QED) is 0.842. The topological polar surface area (TPSA) is 52.6 Å². The number of hydrogen-bond acceptors (Lipinski definition) is 2. The van der Waals surface area contributed by atoms with E-state index in [0.29, 0.717) is 12.1 Å². The number of halogens is 4. The minimum atomic E-state index is -4.84. The standard InChI is InChI=1S/C12H14F4N2O2/c1-7(6-19)18(2)11(20)17-8-3-4-10(13)9(5-8)12(14,15)16/h3-5,7,19H,6H2,1-2H3,(H,17,20). The summed E-state index contributed by atoms with van der Waals surface area (Å²) in [6.45, 7) is 1.27. The van der Waals surface area contributed by atoms with Crippen molar-refractivity contribution in [3.8, 4) is 0 Å². The molecular weight excluding hydrogens is 280 g/mol. The average Bonchev–Trinajstić information content (AvgIpc) is 2.37. The number of hydrogen-bond donors (Lipinski definition) is 2. The van der Waals surface area contributed by atoms with Crippen molar-refractivity contribution in [1.82, 2.24) is 4.90 Å². The smallest absolute Gasteiger partial charge is 0.394 e. The van der Waals surface area contributed by atoms with Gasteiger partial charge < -0.3 is 15.3 Å². The normalized spacial score (nSPS) is 12.9. The zero-order valence-electron chi connectivity index (χ0n) is 10.8. The van der Waals surface area contributed by atoms with E-state index in [-0.39, 0.29) is 12.3 Å². The van der Waals surface area contributed by atoms with Gasteiger partial charge in [-0.05, 0) is 25.1 Å². The molecule has 4 nitrogen and oxygen atoms in total. The van der Waals surface area contributed by atoms with Gasteiger partial charge in [0.05, 0.1) is 18.2 Å². The molecule has 0 fully saturated rings. The lowest BCUT2D eigenvalue weighted by Crippen LogP contribution is -2.40. The van der Waals surface area contributed by atoms with Crippen molar-refractivity contribution in [3.63, 3.8) is 0 Å². The molecule has 1 unspecified atom stereocenters. The Morgan fingerprint density at radius 1 is 1.45 bits per heavy atom. The number of likely N-dealkylation sites (N-methyl/N-ethyl adjacent to an activating group) is 1. The van der Waals surface area contributed by atoms with Gasteiger partial charge in [-0.3, -0.25) is 0 Å². The van der Waals surface area contributed by atoms with E-state index in [9.17, 15) is 22.4 Å². The van der Waals surface area contributed by atoms with Crippen molar-refractivity contribution < 1.29 is 27.5 Å². The highest BCUT2D eigenvalue weighted by atomic mass is 19.4. The first-order valence-corrected chi connectivity index (χ1v) is 5.68. The number of carbonyl (C=O) groups excluding carboxylic acids is 1. The predicted octanol–water partition coefficient (Wildman–Crippen LogP) is 2.69. The molecular formula is C12H14F4N2O2. The fourth-order valence-corrected chi connectivity index (χ4v) is 1.35. The molecule has 0 bridgehead atoms. The summed E-state index contributed by atoms with van der Waals surface area (Å²) in [5.74, 6) is -1.41. The van der Waals surface area contributed by atoms with Crippen LogP contribution >= 0.6 is 0 Å². The van der Waals surface area contributed by atoms with Gasteiger partial charge in [0.25, 0.3) is 0 Å². The highest BCUT2D eigenvalue weighted by Gasteiger charge is 2.34. The van der Waals surface area contributed by atoms with Gasteiger partial charge in [0.15, 0.2) is 0 Å². The van der Waals surface area contributed by atoms with E-state index < -0.39 is 29.6 Å². The van der Waals surface area contributed by atoms with E-state index >= 15 is 0 Å². The molecule has 0 aromatic heterocycles. The molecule has 0 aliphatic carbocycles. The number of urea groups is 1. The Labute approximate surface area is 113 Å². The number of carbonyl (C=O) groups is 1. The van der Waals surface area contributed by atoms with Crippen molar-refractivity contribution in [3.05, 3.63) is 29.6 Å². The van der Waals surface area contributed by atoms with Crippen molar-refractivity contribution in [2.75, 3.05) is 19.0 Å². The third-order valence-electron chi connectivity index (χ3n) is 2.77. The van der Waals surface area contributed by atoms with Gasteiger partial charge in [-0.25, -0.2) is 9.18 Å². The fourth-order valence-electron chi connectivity index (χ4n) is 1.35. The molecule has 1 rings (SSSR count). The lowest BCUT2D eigenvalue weighted by molar-refractivity contribution is -0.139. The molecule has 0 spiro atoms. The van der Waals surface area contributed by atoms with Crippen LogP contribution in [0, 0.1) is 5.82 Å². The van der Waals surface area contributed by atoms with Crippen LogP contribution in [0.25, 0.3) is 0 Å². The second-order valence-electron chi connectivity index (χ2n) is 4.27. The maximum absolute atomic E-state index is 13.1. The summed E-state index contributed by atoms with van der Waals surface area (Å²) in [7, 11) is 1.38. The van der Waals surface area contributed by atoms with Crippen LogP contribution in [0.5, 0.6) is 0 Å². The summed E-state index contributed by atoms with van der Waals surface area (Å²) in [5.41, 5.74) is -1.63. The number of anilines is 1. The third-order valence-corrected chi connectivity index (χ3v) is 2.77. The molecule has 8 heteroatoms. The van der Waals surface area contributed by atoms with E-state index in [4.69, 9.17) is 5.11 Å². The highest BCUT2D eigenvalue weighted by molar-refractivity contribution is 5.89. The Bertz CT molecular complexity index is 491. The van der Waals surface area contributed by atoms with Gasteiger partial charge in [-0.15, -0.1) is 0 Å². The Kier molecular flexibility index (Phi) is 4.93. The van der Waals surface area contributed by atoms with Crippen LogP contribution in [-0.4, -0.2) is 35.7 Å². The number of aliphatic hydroxyl groups excluding tert-OH is 1. The molecule has 0 saturated heterocycles. The molecule has 0 aliphatic heterocycles. The van der Waals surface area contributed by atoms with Crippen LogP contribution in [-0.2, 0) is 6.18 Å². The Hall–Kier alpha value is -1.83. The van der Waals surface area contributed by atoms with Gasteiger partial charge in [-0.2, -0.15) is 13.2 Å². The minimum absolute atomic E-state index is 0.180. The van der Waals surface area contributed by atoms with E-state index in [1.165, 1.54) is 7.05 Å². The molecule has 112 valence electrons. The van der Waals surface area contributed by atoms with Gasteiger partial charge in [0, 0.05) is 12.7 Å². The molecule has 1 atom stereocenters. The number of alkyl halides is 3. The third kappa shape index (κ3) is 3.83. The first-order valence-electron chi connectivity index (χ1n) is 5.68. The Balaban J connectivity index is 2.92. The molecule has 2 amide bonds. The van der Waals surface area contributed by atoms with Crippen LogP contribution in [0.4, 0.5) is 28.0 Å². The van der Waals surface area contributed by atoms with E-state index in [1.807, 2.05) is 0 Å². The van der Waals surface area contributed by atoms with E-state index in [2.05, 4.69) is 5.32 Å². The van der Waals surface area contributed by atoms with Gasteiger partial charge in [0.2, 0.25) is 0 Å². The summed E-state index contributed by atoms with van der Waals surface area (Å²) in [4.78, 5) is 12.8. The zero-order valence-corrected chi connectivity index (χ0v) is 10.8. The van der Waals surface area contributed by atoms with E-state index in [1.54, 1.807) is 6.92 Å². The largest absolute Gasteiger partial charge is 0.419 e. The molecule has 1 aromatic rings. The first-order chi connectivity index (χ1) is 9.16. The fraction of sp³-hybridized carbons (Fsp3) is 0.417. The van der Waals surface area contributed by atoms with Gasteiger partial charge in [0.1, 0.15) is 5.82 Å². The average molecular weight is 294 g/mol. The van der Waals surface area contributed by atoms with Crippen molar-refractivity contribution in [1.29, 1.82) is 0 Å². The number of nitrogens with one attached hydrogen (secondary N) is 1. The van der Waals surface area contributed by atoms with Gasteiger partial charge >= 0.3 is 12.2 Å². The van der Waals surface area contributed by atoms with Crippen LogP contribution in [0.2, 0.25) is 0 Å². The zero-order chi connectivity index (χ0) is 15.5. The number of rotatable bonds is 3. The summed E-state index contributed by atoms with van der Waals surface area (Å²) in [6.07, 6.45) is -4.84. The minimum Gasteiger partial charge on any atom is -0.394 e. The lowest BCUT2D eigenvalue weighted by atomic mass is 10.2. The summed E-state index contributed by atoms with van der Waals surface area (Å²) >= 11 is 0. The molecule has 0 radical (unpaired) electrons. The number of amides is 2. The molecule has 0 aliphatic rings. The lowest BCUT2D eigenvalue weighted by Gasteiger charge is -2.23. The molecule has 2 N–H and O–H groups in total. The number of aliphatic hydroxyl groups is 1. The van der Waals surface area contributed by atoms with Crippen molar-refractivity contribution in [2.24, 2.45) is 0 Å². The predicted molar refractivity (Wildman–Crippen MR) is 64.7 cm³/mol. The Morgan fingerprint density at radius 2 is 2.05 bits per heavy atom. The Morgan fingerprint density at radius 3 is 2.55 bits per heavy atom. The second kappa shape index (κ2) is 6.08. The number of benzene rings is 1. The molecule has 0 saturated carbocycles. The van der Waals surface area contributed by atoms with Gasteiger partial charge in [-0.1, -0.05) is 0 Å². The SMILES string of the molecule is CC(CO)N(C)C(=O)Nc1ccc(F)c(C(F)(F)F)c1. The first kappa shape index (κ1) is 16.2. The van der Waals surface area contributed by atoms with E-state index in [0.717, 1.165) is 11.0 Å². The maximum atomic E-state index is 13.1. The maximum Gasteiger partial charge on any atom is 0.419 e. The monoisotopic (exact) mass is 294 g/mol. The van der Waals surface area contributed by atoms with Crippen LogP contribution in [0.1, 0.15) is 12.5 Å². The summed E-state index contributed by atoms with van der Waals surface area (Å²) in [6, 6.07) is 0.974. The van der Waals surface area contributed by atoms with Crippen LogP contribution in [0.15, 0.2) is 18.2 Å². The molecule has 1 aromatic carbocycles. The van der Waals surface area contributed by atoms with Crippen molar-refractivity contribution in [2.45, 2.75) is 19.1 Å². The van der Waals surface area contributed by atoms with Crippen LogP contribution in [0.3, 0.4) is 0 Å². The molecule has 20 heavy (non-hydrogen) atoms.